The molecule has 10 heteroatoms. The molecule has 8 nitrogen and oxygen atoms in total. The van der Waals surface area contributed by atoms with E-state index >= 15 is 0 Å². The second-order valence-electron chi connectivity index (χ2n) is 9.19. The van der Waals surface area contributed by atoms with E-state index in [1.165, 1.54) is 19.2 Å². The molecule has 3 heterocycles. The van der Waals surface area contributed by atoms with E-state index in [4.69, 9.17) is 9.47 Å². The van der Waals surface area contributed by atoms with Gasteiger partial charge in [0.1, 0.15) is 6.17 Å². The second kappa shape index (κ2) is 10.7. The fourth-order valence-electron chi connectivity index (χ4n) is 4.75. The first-order valence-corrected chi connectivity index (χ1v) is 12.1. The number of alkyl halides is 1. The van der Waals surface area contributed by atoms with Crippen molar-refractivity contribution in [3.05, 3.63) is 59.5 Å². The zero-order valence-electron chi connectivity index (χ0n) is 20.0. The largest absolute Gasteiger partial charge is 0.494 e. The minimum atomic E-state index is -1.03. The fourth-order valence-corrected chi connectivity index (χ4v) is 4.75. The van der Waals surface area contributed by atoms with Gasteiger partial charge in [-0.15, -0.1) is 0 Å². The van der Waals surface area contributed by atoms with Gasteiger partial charge < -0.3 is 25.4 Å². The monoisotopic (exact) mass is 497 g/mol. The van der Waals surface area contributed by atoms with E-state index in [1.807, 2.05) is 0 Å². The quantitative estimate of drug-likeness (QED) is 0.459. The SMILES string of the molecule is COc1ccc([C@H](NC(=O)c2ccc3cnc(NC4CCOCC4)nc3c2)[C@H]2C[C@H](F)CN2)cc1F. The normalized spacial score (nSPS) is 21.3. The molecule has 2 aliphatic rings. The number of benzene rings is 2. The lowest BCUT2D eigenvalue weighted by atomic mass is 9.96. The number of ether oxygens (including phenoxy) is 2. The number of methoxy groups -OCH3 is 1. The number of hydrogen-bond donors (Lipinski definition) is 3. The molecule has 0 aliphatic carbocycles. The van der Waals surface area contributed by atoms with E-state index in [0.29, 0.717) is 35.8 Å². The molecule has 3 atom stereocenters. The molecule has 0 bridgehead atoms. The van der Waals surface area contributed by atoms with Crippen LogP contribution in [0.3, 0.4) is 0 Å². The van der Waals surface area contributed by atoms with Gasteiger partial charge in [-0.2, -0.15) is 0 Å². The zero-order chi connectivity index (χ0) is 25.1. The molecule has 0 spiro atoms. The number of carbonyl (C=O) groups is 1. The molecule has 1 amide bonds. The molecule has 190 valence electrons. The molecule has 5 rings (SSSR count). The minimum absolute atomic E-state index is 0.103. The van der Waals surface area contributed by atoms with E-state index < -0.39 is 18.0 Å². The first-order valence-electron chi connectivity index (χ1n) is 12.1. The van der Waals surface area contributed by atoms with Crippen molar-refractivity contribution >= 4 is 22.8 Å². The van der Waals surface area contributed by atoms with Crippen LogP contribution in [0.15, 0.2) is 42.6 Å². The molecule has 36 heavy (non-hydrogen) atoms. The average molecular weight is 498 g/mol. The van der Waals surface area contributed by atoms with Crippen molar-refractivity contribution in [2.45, 2.75) is 43.6 Å². The number of fused-ring (bicyclic) bond motifs is 1. The van der Waals surface area contributed by atoms with Crippen LogP contribution in [0.1, 0.15) is 41.2 Å². The first-order chi connectivity index (χ1) is 17.5. The molecule has 2 aromatic carbocycles. The third-order valence-electron chi connectivity index (χ3n) is 6.73. The highest BCUT2D eigenvalue weighted by Crippen LogP contribution is 2.28. The van der Waals surface area contributed by atoms with Gasteiger partial charge in [0.05, 0.1) is 18.7 Å². The van der Waals surface area contributed by atoms with Gasteiger partial charge in [0, 0.05) is 49.0 Å². The molecule has 3 aromatic rings. The Labute approximate surface area is 207 Å². The molecular weight excluding hydrogens is 468 g/mol. The maximum Gasteiger partial charge on any atom is 0.251 e. The summed E-state index contributed by atoms with van der Waals surface area (Å²) in [6.07, 6.45) is 2.66. The molecule has 2 fully saturated rings. The third kappa shape index (κ3) is 5.39. The van der Waals surface area contributed by atoms with Crippen molar-refractivity contribution in [1.29, 1.82) is 0 Å². The number of carbonyl (C=O) groups excluding carboxylic acids is 1. The van der Waals surface area contributed by atoms with Gasteiger partial charge in [0.15, 0.2) is 11.6 Å². The van der Waals surface area contributed by atoms with E-state index in [9.17, 15) is 13.6 Å². The summed E-state index contributed by atoms with van der Waals surface area (Å²) in [4.78, 5) is 22.3. The van der Waals surface area contributed by atoms with Gasteiger partial charge in [-0.25, -0.2) is 18.7 Å². The van der Waals surface area contributed by atoms with E-state index in [-0.39, 0.29) is 36.7 Å². The summed E-state index contributed by atoms with van der Waals surface area (Å²) >= 11 is 0. The Morgan fingerprint density at radius 2 is 2.06 bits per heavy atom. The Kier molecular flexibility index (Phi) is 7.24. The predicted molar refractivity (Wildman–Crippen MR) is 131 cm³/mol. The van der Waals surface area contributed by atoms with E-state index in [0.717, 1.165) is 18.2 Å². The summed E-state index contributed by atoms with van der Waals surface area (Å²) in [7, 11) is 1.39. The van der Waals surface area contributed by atoms with Gasteiger partial charge in [-0.1, -0.05) is 12.1 Å². The standard InChI is InChI=1S/C26H29F2N5O3/c1-35-23-5-4-15(10-20(23)28)24(22-12-18(27)14-29-22)33-25(34)16-2-3-17-13-30-26(32-21(17)11-16)31-19-6-8-36-9-7-19/h2-5,10-11,13,18-19,22,24,29H,6-9,12,14H2,1H3,(H,33,34)(H,30,31,32)/t18-,22+,24-/m0/s1. The molecule has 0 unspecified atom stereocenters. The number of rotatable bonds is 7. The van der Waals surface area contributed by atoms with Gasteiger partial charge in [0.2, 0.25) is 5.95 Å². The first kappa shape index (κ1) is 24.3. The predicted octanol–water partition coefficient (Wildman–Crippen LogP) is 3.54. The molecular formula is C26H29F2N5O3. The lowest BCUT2D eigenvalue weighted by Crippen LogP contribution is -2.41. The summed E-state index contributed by atoms with van der Waals surface area (Å²) in [5.74, 6) is -0.301. The minimum Gasteiger partial charge on any atom is -0.494 e. The Balaban J connectivity index is 1.38. The maximum atomic E-state index is 14.5. The van der Waals surface area contributed by atoms with E-state index in [1.54, 1.807) is 30.5 Å². The maximum absolute atomic E-state index is 14.5. The van der Waals surface area contributed by atoms with Gasteiger partial charge >= 0.3 is 0 Å². The van der Waals surface area contributed by atoms with Crippen LogP contribution in [0.2, 0.25) is 0 Å². The molecule has 2 saturated heterocycles. The molecule has 2 aliphatic heterocycles. The smallest absolute Gasteiger partial charge is 0.251 e. The summed E-state index contributed by atoms with van der Waals surface area (Å²) in [5, 5.41) is 10.2. The highest BCUT2D eigenvalue weighted by atomic mass is 19.1. The van der Waals surface area contributed by atoms with Gasteiger partial charge in [0.25, 0.3) is 5.91 Å². The van der Waals surface area contributed by atoms with Crippen LogP contribution in [-0.4, -0.2) is 61.0 Å². The number of nitrogens with zero attached hydrogens (tertiary/aromatic N) is 2. The average Bonchev–Trinajstić information content (AvgIpc) is 3.33. The van der Waals surface area contributed by atoms with Crippen LogP contribution < -0.4 is 20.7 Å². The van der Waals surface area contributed by atoms with Crippen molar-refractivity contribution < 1.29 is 23.0 Å². The lowest BCUT2D eigenvalue weighted by molar-refractivity contribution is 0.0902. The Hall–Kier alpha value is -3.37. The van der Waals surface area contributed by atoms with Crippen LogP contribution in [0.5, 0.6) is 5.75 Å². The second-order valence-corrected chi connectivity index (χ2v) is 9.19. The number of amides is 1. The van der Waals surface area contributed by atoms with Crippen molar-refractivity contribution in [3.8, 4) is 5.75 Å². The zero-order valence-corrected chi connectivity index (χ0v) is 20.0. The summed E-state index contributed by atoms with van der Waals surface area (Å²) < 4.78 is 38.9. The van der Waals surface area contributed by atoms with E-state index in [2.05, 4.69) is 25.9 Å². The fraction of sp³-hybridized carbons (Fsp3) is 0.423. The lowest BCUT2D eigenvalue weighted by Gasteiger charge is -2.26. The number of anilines is 1. The molecule has 0 radical (unpaired) electrons. The van der Waals surface area contributed by atoms with Gasteiger partial charge in [-0.3, -0.25) is 4.79 Å². The van der Waals surface area contributed by atoms with Crippen LogP contribution in [0, 0.1) is 5.82 Å². The Morgan fingerprint density at radius 3 is 2.78 bits per heavy atom. The topological polar surface area (TPSA) is 97.4 Å². The van der Waals surface area contributed by atoms with Crippen molar-refractivity contribution in [2.24, 2.45) is 0 Å². The third-order valence-corrected chi connectivity index (χ3v) is 6.73. The Bertz CT molecular complexity index is 1240. The molecule has 3 N–H and O–H groups in total. The van der Waals surface area contributed by atoms with Crippen LogP contribution in [0.25, 0.3) is 10.9 Å². The van der Waals surface area contributed by atoms with Crippen molar-refractivity contribution in [2.75, 3.05) is 32.2 Å². The van der Waals surface area contributed by atoms with Crippen LogP contribution in [-0.2, 0) is 4.74 Å². The molecule has 1 aromatic heterocycles. The number of aromatic nitrogens is 2. The summed E-state index contributed by atoms with van der Waals surface area (Å²) in [5.41, 5.74) is 1.55. The van der Waals surface area contributed by atoms with Crippen LogP contribution in [0.4, 0.5) is 14.7 Å². The van der Waals surface area contributed by atoms with Gasteiger partial charge in [-0.05, 0) is 49.1 Å². The summed E-state index contributed by atoms with van der Waals surface area (Å²) in [6, 6.07) is 8.92. The number of hydrogen-bond acceptors (Lipinski definition) is 7. The highest BCUT2D eigenvalue weighted by molar-refractivity contribution is 5.98. The number of halogens is 2. The Morgan fingerprint density at radius 1 is 1.22 bits per heavy atom. The van der Waals surface area contributed by atoms with Crippen LogP contribution >= 0.6 is 0 Å². The molecule has 0 saturated carbocycles. The summed E-state index contributed by atoms with van der Waals surface area (Å²) in [6.45, 7) is 1.59. The highest BCUT2D eigenvalue weighted by Gasteiger charge is 2.33. The van der Waals surface area contributed by atoms with Crippen molar-refractivity contribution in [3.63, 3.8) is 0 Å². The number of nitrogens with one attached hydrogen (secondary N) is 3. The van der Waals surface area contributed by atoms with Crippen molar-refractivity contribution in [1.82, 2.24) is 20.6 Å².